The molecule has 0 aromatic heterocycles. The van der Waals surface area contributed by atoms with E-state index in [2.05, 4.69) is 21.2 Å². The summed E-state index contributed by atoms with van der Waals surface area (Å²) in [6.07, 6.45) is 0. The molecule has 2 aromatic carbocycles. The van der Waals surface area contributed by atoms with Crippen LogP contribution in [0, 0.1) is 15.9 Å². The molecule has 0 unspecified atom stereocenters. The van der Waals surface area contributed by atoms with Crippen LogP contribution >= 0.6 is 15.9 Å². The zero-order valence-corrected chi connectivity index (χ0v) is 11.6. The van der Waals surface area contributed by atoms with E-state index in [4.69, 9.17) is 0 Å². The van der Waals surface area contributed by atoms with E-state index in [1.54, 1.807) is 0 Å². The van der Waals surface area contributed by atoms with E-state index in [1.165, 1.54) is 42.5 Å². The quantitative estimate of drug-likeness (QED) is 0.684. The molecule has 5 nitrogen and oxygen atoms in total. The molecule has 102 valence electrons. The van der Waals surface area contributed by atoms with Crippen LogP contribution in [0.4, 0.5) is 15.8 Å². The van der Waals surface area contributed by atoms with Gasteiger partial charge < -0.3 is 5.32 Å². The van der Waals surface area contributed by atoms with E-state index in [1.807, 2.05) is 0 Å². The number of carbonyl (C=O) groups excluding carboxylic acids is 1. The second-order valence-electron chi connectivity index (χ2n) is 3.85. The highest BCUT2D eigenvalue weighted by Crippen LogP contribution is 2.25. The Balaban J connectivity index is 2.31. The van der Waals surface area contributed by atoms with Crippen LogP contribution in [0.5, 0.6) is 0 Å². The van der Waals surface area contributed by atoms with Crippen molar-refractivity contribution in [1.82, 2.24) is 0 Å². The van der Waals surface area contributed by atoms with Crippen molar-refractivity contribution in [3.8, 4) is 0 Å². The fourth-order valence-electron chi connectivity index (χ4n) is 1.61. The number of amides is 1. The molecule has 0 aliphatic rings. The van der Waals surface area contributed by atoms with Crippen LogP contribution in [-0.2, 0) is 0 Å². The van der Waals surface area contributed by atoms with Crippen molar-refractivity contribution in [2.45, 2.75) is 0 Å². The van der Waals surface area contributed by atoms with Gasteiger partial charge in [0.05, 0.1) is 10.6 Å². The zero-order chi connectivity index (χ0) is 14.7. The standard InChI is InChI=1S/C13H8BrFN2O3/c14-10-7-8(15)5-6-11(10)16-13(18)9-3-1-2-4-12(9)17(19)20/h1-7H,(H,16,18). The second-order valence-corrected chi connectivity index (χ2v) is 4.71. The van der Waals surface area contributed by atoms with Gasteiger partial charge in [-0.1, -0.05) is 12.1 Å². The molecule has 20 heavy (non-hydrogen) atoms. The first-order valence-corrected chi connectivity index (χ1v) is 6.28. The van der Waals surface area contributed by atoms with Crippen LogP contribution in [-0.4, -0.2) is 10.8 Å². The molecule has 0 saturated carbocycles. The molecule has 0 fully saturated rings. The monoisotopic (exact) mass is 338 g/mol. The fourth-order valence-corrected chi connectivity index (χ4v) is 2.06. The molecular formula is C13H8BrFN2O3. The van der Waals surface area contributed by atoms with Gasteiger partial charge in [0.25, 0.3) is 11.6 Å². The molecule has 0 heterocycles. The number of nitrogens with zero attached hydrogens (tertiary/aromatic N) is 1. The lowest BCUT2D eigenvalue weighted by atomic mass is 10.1. The van der Waals surface area contributed by atoms with E-state index >= 15 is 0 Å². The Hall–Kier alpha value is -2.28. The fraction of sp³-hybridized carbons (Fsp3) is 0. The van der Waals surface area contributed by atoms with Crippen molar-refractivity contribution >= 4 is 33.2 Å². The number of benzene rings is 2. The van der Waals surface area contributed by atoms with Crippen LogP contribution in [0.25, 0.3) is 0 Å². The summed E-state index contributed by atoms with van der Waals surface area (Å²) in [5.41, 5.74) is -0.0217. The number of nitrogens with one attached hydrogen (secondary N) is 1. The summed E-state index contributed by atoms with van der Waals surface area (Å²) in [6.45, 7) is 0. The minimum atomic E-state index is -0.635. The predicted molar refractivity (Wildman–Crippen MR) is 75.1 cm³/mol. The van der Waals surface area contributed by atoms with Crippen molar-refractivity contribution in [3.63, 3.8) is 0 Å². The van der Waals surface area contributed by atoms with Gasteiger partial charge in [-0.15, -0.1) is 0 Å². The van der Waals surface area contributed by atoms with E-state index in [9.17, 15) is 19.3 Å². The third kappa shape index (κ3) is 3.00. The normalized spacial score (nSPS) is 10.1. The molecule has 0 aliphatic heterocycles. The molecule has 0 saturated heterocycles. The number of para-hydroxylation sites is 1. The summed E-state index contributed by atoms with van der Waals surface area (Å²) in [4.78, 5) is 22.3. The third-order valence-corrected chi connectivity index (χ3v) is 3.18. The van der Waals surface area contributed by atoms with E-state index < -0.39 is 16.6 Å². The minimum Gasteiger partial charge on any atom is -0.321 e. The maximum atomic E-state index is 12.9. The summed E-state index contributed by atoms with van der Waals surface area (Å²) < 4.78 is 13.3. The van der Waals surface area contributed by atoms with Gasteiger partial charge in [0.15, 0.2) is 0 Å². The first kappa shape index (κ1) is 14.1. The van der Waals surface area contributed by atoms with Crippen LogP contribution in [0.3, 0.4) is 0 Å². The SMILES string of the molecule is O=C(Nc1ccc(F)cc1Br)c1ccccc1[N+](=O)[O-]. The molecule has 2 aromatic rings. The summed E-state index contributed by atoms with van der Waals surface area (Å²) in [7, 11) is 0. The maximum absolute atomic E-state index is 12.9. The lowest BCUT2D eigenvalue weighted by molar-refractivity contribution is -0.385. The van der Waals surface area contributed by atoms with Gasteiger partial charge in [-0.2, -0.15) is 0 Å². The van der Waals surface area contributed by atoms with Crippen molar-refractivity contribution in [2.75, 3.05) is 5.32 Å². The number of carbonyl (C=O) groups is 1. The minimum absolute atomic E-state index is 0.0614. The molecule has 0 aliphatic carbocycles. The Kier molecular flexibility index (Phi) is 4.09. The number of nitro groups is 1. The van der Waals surface area contributed by atoms with Crippen molar-refractivity contribution in [2.24, 2.45) is 0 Å². The molecule has 1 N–H and O–H groups in total. The Morgan fingerprint density at radius 2 is 1.95 bits per heavy atom. The van der Waals surface area contributed by atoms with E-state index in [-0.39, 0.29) is 11.3 Å². The van der Waals surface area contributed by atoms with Gasteiger partial charge in [0.2, 0.25) is 0 Å². The molecule has 2 rings (SSSR count). The first-order chi connectivity index (χ1) is 9.49. The Bertz CT molecular complexity index is 691. The molecule has 0 atom stereocenters. The number of halogens is 2. The summed E-state index contributed by atoms with van der Waals surface area (Å²) in [6, 6.07) is 9.34. The van der Waals surface area contributed by atoms with Gasteiger partial charge in [0, 0.05) is 10.5 Å². The molecule has 7 heteroatoms. The molecule has 0 radical (unpaired) electrons. The second kappa shape index (κ2) is 5.79. The van der Waals surface area contributed by atoms with Crippen LogP contribution in [0.1, 0.15) is 10.4 Å². The predicted octanol–water partition coefficient (Wildman–Crippen LogP) is 3.75. The summed E-state index contributed by atoms with van der Waals surface area (Å²) in [5.74, 6) is -1.09. The van der Waals surface area contributed by atoms with Gasteiger partial charge in [0.1, 0.15) is 11.4 Å². The number of nitro benzene ring substituents is 1. The molecule has 0 spiro atoms. The molecule has 1 amide bonds. The topological polar surface area (TPSA) is 72.2 Å². The number of rotatable bonds is 3. The maximum Gasteiger partial charge on any atom is 0.282 e. The average molecular weight is 339 g/mol. The summed E-state index contributed by atoms with van der Waals surface area (Å²) in [5, 5.41) is 13.3. The zero-order valence-electron chi connectivity index (χ0n) is 9.97. The Morgan fingerprint density at radius 3 is 2.60 bits per heavy atom. The van der Waals surface area contributed by atoms with Gasteiger partial charge in [-0.25, -0.2) is 4.39 Å². The number of hydrogen-bond acceptors (Lipinski definition) is 3. The lowest BCUT2D eigenvalue weighted by Gasteiger charge is -2.07. The van der Waals surface area contributed by atoms with Gasteiger partial charge in [-0.3, -0.25) is 14.9 Å². The third-order valence-electron chi connectivity index (χ3n) is 2.52. The van der Waals surface area contributed by atoms with E-state index in [0.29, 0.717) is 10.2 Å². The lowest BCUT2D eigenvalue weighted by Crippen LogP contribution is -2.14. The van der Waals surface area contributed by atoms with Crippen LogP contribution < -0.4 is 5.32 Å². The Morgan fingerprint density at radius 1 is 1.25 bits per heavy atom. The van der Waals surface area contributed by atoms with Crippen LogP contribution in [0.2, 0.25) is 0 Å². The van der Waals surface area contributed by atoms with Crippen molar-refractivity contribution in [1.29, 1.82) is 0 Å². The molecule has 0 bridgehead atoms. The highest BCUT2D eigenvalue weighted by Gasteiger charge is 2.19. The van der Waals surface area contributed by atoms with Crippen LogP contribution in [0.15, 0.2) is 46.9 Å². The Labute approximate surface area is 121 Å². The molecular weight excluding hydrogens is 331 g/mol. The number of hydrogen-bond donors (Lipinski definition) is 1. The van der Waals surface area contributed by atoms with Gasteiger partial charge >= 0.3 is 0 Å². The highest BCUT2D eigenvalue weighted by atomic mass is 79.9. The van der Waals surface area contributed by atoms with Crippen molar-refractivity contribution in [3.05, 3.63) is 68.4 Å². The van der Waals surface area contributed by atoms with E-state index in [0.717, 1.165) is 0 Å². The summed E-state index contributed by atoms with van der Waals surface area (Å²) >= 11 is 3.11. The largest absolute Gasteiger partial charge is 0.321 e. The average Bonchev–Trinajstić information content (AvgIpc) is 2.41. The van der Waals surface area contributed by atoms with Crippen molar-refractivity contribution < 1.29 is 14.1 Å². The number of anilines is 1. The highest BCUT2D eigenvalue weighted by molar-refractivity contribution is 9.10. The smallest absolute Gasteiger partial charge is 0.282 e. The first-order valence-electron chi connectivity index (χ1n) is 5.49. The van der Waals surface area contributed by atoms with Gasteiger partial charge in [-0.05, 0) is 40.2 Å².